The van der Waals surface area contributed by atoms with Crippen LogP contribution < -0.4 is 31.6 Å². The van der Waals surface area contributed by atoms with Gasteiger partial charge in [-0.1, -0.05) is 23.2 Å². The van der Waals surface area contributed by atoms with Crippen molar-refractivity contribution >= 4 is 104 Å². The van der Waals surface area contributed by atoms with Crippen LogP contribution in [0.3, 0.4) is 0 Å². The van der Waals surface area contributed by atoms with E-state index in [9.17, 15) is 9.59 Å². The molecule has 3 aromatic carbocycles. The standard InChI is InChI=1S/C28H21Br3Cl2N6O4/c1-5-36-11-9-10-23(13(30)20(11)37(6-2)27(36)40)42-25-16(33)19-26(15(32)18(25)34-10)43-24-14(31)22-21(12(29)17(24)35-19)38(7-3)28(41)39(22)8-4/h9H,5-8H2,1-4H3. The number of aryl methyl sites for hydroxylation is 4. The summed E-state index contributed by atoms with van der Waals surface area (Å²) in [6, 6.07) is 1.81. The van der Waals surface area contributed by atoms with E-state index in [1.54, 1.807) is 18.3 Å². The third-order valence-corrected chi connectivity index (χ3v) is 10.7. The van der Waals surface area contributed by atoms with Crippen LogP contribution in [0.25, 0.3) is 22.1 Å². The fourth-order valence-electron chi connectivity index (χ4n) is 5.87. The van der Waals surface area contributed by atoms with Gasteiger partial charge in [-0.05, 0) is 81.6 Å². The van der Waals surface area contributed by atoms with E-state index < -0.39 is 0 Å². The summed E-state index contributed by atoms with van der Waals surface area (Å²) in [5.41, 5.74) is 3.45. The van der Waals surface area contributed by atoms with Gasteiger partial charge in [0, 0.05) is 26.2 Å². The van der Waals surface area contributed by atoms with Crippen molar-refractivity contribution < 1.29 is 9.47 Å². The first kappa shape index (κ1) is 29.1. The van der Waals surface area contributed by atoms with Gasteiger partial charge in [-0.3, -0.25) is 18.3 Å². The normalized spacial score (nSPS) is 13.1. The Balaban J connectivity index is 1.53. The van der Waals surface area contributed by atoms with Gasteiger partial charge in [-0.2, -0.15) is 0 Å². The molecule has 0 atom stereocenters. The number of aromatic nitrogens is 4. The summed E-state index contributed by atoms with van der Waals surface area (Å²) in [6.07, 6.45) is 0. The number of imidazole rings is 2. The highest BCUT2D eigenvalue weighted by molar-refractivity contribution is 9.11. The Bertz CT molecular complexity index is 2360. The Kier molecular flexibility index (Phi) is 6.93. The molecule has 0 saturated carbocycles. The van der Waals surface area contributed by atoms with Crippen LogP contribution in [0.2, 0.25) is 10.0 Å². The van der Waals surface area contributed by atoms with Crippen LogP contribution in [-0.4, -0.2) is 18.3 Å². The largest absolute Gasteiger partial charge is 0.450 e. The molecule has 0 aliphatic carbocycles. The molecule has 15 heteroatoms. The zero-order valence-electron chi connectivity index (χ0n) is 23.1. The molecule has 0 saturated heterocycles. The summed E-state index contributed by atoms with van der Waals surface area (Å²) in [4.78, 5) is 36.0. The molecule has 0 unspecified atom stereocenters. The zero-order valence-corrected chi connectivity index (χ0v) is 29.4. The minimum Gasteiger partial charge on any atom is -0.450 e. The maximum Gasteiger partial charge on any atom is 0.329 e. The fraction of sp³-hybridized carbons (Fsp3) is 0.286. The van der Waals surface area contributed by atoms with Gasteiger partial charge >= 0.3 is 11.4 Å². The fourth-order valence-corrected chi connectivity index (χ4v) is 8.42. The van der Waals surface area contributed by atoms with Gasteiger partial charge < -0.3 is 9.47 Å². The lowest BCUT2D eigenvalue weighted by molar-refractivity contribution is 0.449. The number of rotatable bonds is 4. The monoisotopic (exact) mass is 812 g/mol. The van der Waals surface area contributed by atoms with Gasteiger partial charge in [-0.15, -0.1) is 0 Å². The van der Waals surface area contributed by atoms with Crippen molar-refractivity contribution in [3.63, 3.8) is 0 Å². The Labute approximate surface area is 278 Å². The van der Waals surface area contributed by atoms with E-state index in [0.717, 1.165) is 5.52 Å². The Morgan fingerprint density at radius 2 is 1.12 bits per heavy atom. The molecule has 0 N–H and O–H groups in total. The van der Waals surface area contributed by atoms with Gasteiger partial charge in [0.2, 0.25) is 0 Å². The second kappa shape index (κ2) is 10.2. The van der Waals surface area contributed by atoms with E-state index in [2.05, 4.69) is 47.8 Å². The quantitative estimate of drug-likeness (QED) is 0.182. The summed E-state index contributed by atoms with van der Waals surface area (Å²) in [5.74, 6) is 1.22. The van der Waals surface area contributed by atoms with Crippen molar-refractivity contribution in [2.24, 2.45) is 9.98 Å². The molecule has 10 nitrogen and oxygen atoms in total. The average molecular weight is 816 g/mol. The molecule has 43 heavy (non-hydrogen) atoms. The molecule has 4 heterocycles. The van der Waals surface area contributed by atoms with Crippen molar-refractivity contribution in [2.75, 3.05) is 0 Å². The van der Waals surface area contributed by atoms with Crippen molar-refractivity contribution in [2.45, 2.75) is 53.9 Å². The molecule has 0 spiro atoms. The second-order valence-electron chi connectivity index (χ2n) is 9.86. The lowest BCUT2D eigenvalue weighted by Crippen LogP contribution is -2.23. The molecule has 0 bridgehead atoms. The van der Waals surface area contributed by atoms with E-state index in [0.29, 0.717) is 79.0 Å². The van der Waals surface area contributed by atoms with E-state index in [1.807, 2.05) is 33.8 Å². The van der Waals surface area contributed by atoms with E-state index in [-0.39, 0.29) is 43.6 Å². The molecule has 2 aliphatic heterocycles. The van der Waals surface area contributed by atoms with Crippen LogP contribution in [0, 0.1) is 0 Å². The summed E-state index contributed by atoms with van der Waals surface area (Å²) in [7, 11) is 0. The van der Waals surface area contributed by atoms with Crippen molar-refractivity contribution in [3.05, 3.63) is 61.2 Å². The minimum atomic E-state index is -0.139. The van der Waals surface area contributed by atoms with Gasteiger partial charge in [-0.25, -0.2) is 19.6 Å². The smallest absolute Gasteiger partial charge is 0.329 e. The maximum atomic E-state index is 13.2. The molecule has 5 aromatic rings. The highest BCUT2D eigenvalue weighted by atomic mass is 79.9. The molecular formula is C28H21Br3Cl2N6O4. The number of benzene rings is 3. The third-order valence-electron chi connectivity index (χ3n) is 7.82. The van der Waals surface area contributed by atoms with Crippen LogP contribution in [0.5, 0.6) is 23.0 Å². The van der Waals surface area contributed by atoms with Crippen LogP contribution >= 0.6 is 71.0 Å². The van der Waals surface area contributed by atoms with Crippen LogP contribution in [-0.2, 0) is 26.2 Å². The maximum absolute atomic E-state index is 13.2. The number of nitrogens with zero attached hydrogens (tertiary/aromatic N) is 6. The van der Waals surface area contributed by atoms with Crippen molar-refractivity contribution in [1.82, 2.24) is 18.3 Å². The summed E-state index contributed by atoms with van der Waals surface area (Å²) in [5, 5.41) is 0.861. The minimum absolute atomic E-state index is 0.120. The topological polar surface area (TPSA) is 97.0 Å². The van der Waals surface area contributed by atoms with Crippen LogP contribution in [0.4, 0.5) is 11.4 Å². The number of halogens is 5. The summed E-state index contributed by atoms with van der Waals surface area (Å²) >= 11 is 25.0. The third kappa shape index (κ3) is 3.74. The lowest BCUT2D eigenvalue weighted by atomic mass is 10.2. The van der Waals surface area contributed by atoms with Gasteiger partial charge in [0.25, 0.3) is 0 Å². The highest BCUT2D eigenvalue weighted by Crippen LogP contribution is 2.52. The second-order valence-corrected chi connectivity index (χ2v) is 13.0. The number of fused-ring (bicyclic) bond motifs is 6. The molecule has 0 fully saturated rings. The predicted octanol–water partition coefficient (Wildman–Crippen LogP) is 7.71. The van der Waals surface area contributed by atoms with Crippen molar-refractivity contribution in [1.29, 1.82) is 0 Å². The molecule has 7 rings (SSSR count). The molecular weight excluding hydrogens is 795 g/mol. The number of hydrogen-bond acceptors (Lipinski definition) is 6. The van der Waals surface area contributed by atoms with Gasteiger partial charge in [0.1, 0.15) is 32.1 Å². The van der Waals surface area contributed by atoms with Crippen LogP contribution in [0.1, 0.15) is 27.7 Å². The zero-order chi connectivity index (χ0) is 30.6. The SMILES string of the molecule is CCn1c(=O)n(CC)c2c(Br)c3c(cc21)N=c1c(Cl)c2c(c(Cl)c1O3)=Nc1c(c(Br)c3c(c1Br)n(CC)c(=O)n3CC)O2. The summed E-state index contributed by atoms with van der Waals surface area (Å²) in [6.45, 7) is 9.55. The van der Waals surface area contributed by atoms with E-state index >= 15 is 0 Å². The van der Waals surface area contributed by atoms with Crippen molar-refractivity contribution in [3.8, 4) is 23.0 Å². The lowest BCUT2D eigenvalue weighted by Gasteiger charge is -2.23. The first-order chi connectivity index (χ1) is 20.6. The van der Waals surface area contributed by atoms with E-state index in [1.165, 1.54) is 0 Å². The first-order valence-corrected chi connectivity index (χ1v) is 16.7. The molecule has 0 radical (unpaired) electrons. The highest BCUT2D eigenvalue weighted by Gasteiger charge is 2.33. The number of ether oxygens (including phenoxy) is 2. The Morgan fingerprint density at radius 1 is 0.651 bits per heavy atom. The van der Waals surface area contributed by atoms with E-state index in [4.69, 9.17) is 42.7 Å². The van der Waals surface area contributed by atoms with Crippen LogP contribution in [0.15, 0.2) is 39.1 Å². The molecule has 222 valence electrons. The Hall–Kier alpha value is -2.58. The number of hydrogen-bond donors (Lipinski definition) is 0. The molecule has 2 aliphatic rings. The molecule has 0 amide bonds. The van der Waals surface area contributed by atoms with Gasteiger partial charge in [0.05, 0.1) is 35.5 Å². The predicted molar refractivity (Wildman–Crippen MR) is 176 cm³/mol. The Morgan fingerprint density at radius 3 is 1.70 bits per heavy atom. The molecule has 2 aromatic heterocycles. The average Bonchev–Trinajstić information content (AvgIpc) is 3.46. The van der Waals surface area contributed by atoms with Gasteiger partial charge in [0.15, 0.2) is 23.0 Å². The summed E-state index contributed by atoms with van der Waals surface area (Å²) < 4.78 is 21.3. The first-order valence-electron chi connectivity index (χ1n) is 13.5.